The minimum Gasteiger partial charge on any atom is -0.461 e. The Hall–Kier alpha value is -2.32. The SMILES string of the molecule is C=C(c1ocnc1C(=O)OCC)N(/C=N\C)CC(F)(F)F. The summed E-state index contributed by atoms with van der Waals surface area (Å²) in [6.07, 6.45) is -2.61. The van der Waals surface area contributed by atoms with Crippen LogP contribution in [0.2, 0.25) is 0 Å². The number of carbonyl (C=O) groups excluding carboxylic acids is 1. The van der Waals surface area contributed by atoms with E-state index in [9.17, 15) is 18.0 Å². The highest BCUT2D eigenvalue weighted by atomic mass is 19.4. The summed E-state index contributed by atoms with van der Waals surface area (Å²) in [5.74, 6) is -1.000. The van der Waals surface area contributed by atoms with Gasteiger partial charge in [-0.05, 0) is 6.92 Å². The first-order valence-electron chi connectivity index (χ1n) is 5.85. The molecule has 1 aromatic rings. The van der Waals surface area contributed by atoms with E-state index in [1.807, 2.05) is 0 Å². The lowest BCUT2D eigenvalue weighted by atomic mass is 10.2. The molecule has 0 spiro atoms. The van der Waals surface area contributed by atoms with E-state index >= 15 is 0 Å². The molecule has 0 saturated carbocycles. The number of nitrogens with zero attached hydrogens (tertiary/aromatic N) is 3. The van der Waals surface area contributed by atoms with Crippen LogP contribution in [0.3, 0.4) is 0 Å². The Morgan fingerprint density at radius 3 is 2.81 bits per heavy atom. The summed E-state index contributed by atoms with van der Waals surface area (Å²) in [7, 11) is 1.31. The second-order valence-electron chi connectivity index (χ2n) is 3.81. The first-order chi connectivity index (χ1) is 9.80. The molecular weight excluding hydrogens is 291 g/mol. The molecule has 0 radical (unpaired) electrons. The normalized spacial score (nSPS) is 11.7. The zero-order valence-corrected chi connectivity index (χ0v) is 11.5. The number of oxazole rings is 1. The third-order valence-corrected chi connectivity index (χ3v) is 2.25. The van der Waals surface area contributed by atoms with Crippen LogP contribution in [-0.4, -0.2) is 48.6 Å². The number of carbonyl (C=O) groups is 1. The monoisotopic (exact) mass is 305 g/mol. The van der Waals surface area contributed by atoms with E-state index in [-0.39, 0.29) is 23.8 Å². The maximum atomic E-state index is 12.5. The van der Waals surface area contributed by atoms with Crippen molar-refractivity contribution >= 4 is 18.0 Å². The number of rotatable bonds is 6. The number of esters is 1. The van der Waals surface area contributed by atoms with Gasteiger partial charge in [0, 0.05) is 7.05 Å². The smallest absolute Gasteiger partial charge is 0.406 e. The molecule has 1 aromatic heterocycles. The molecule has 9 heteroatoms. The summed E-state index contributed by atoms with van der Waals surface area (Å²) in [6, 6.07) is 0. The molecule has 116 valence electrons. The van der Waals surface area contributed by atoms with Crippen LogP contribution >= 0.6 is 0 Å². The van der Waals surface area contributed by atoms with E-state index in [1.165, 1.54) is 7.05 Å². The summed E-state index contributed by atoms with van der Waals surface area (Å²) in [4.78, 5) is 19.5. The molecule has 0 aromatic carbocycles. The highest BCUT2D eigenvalue weighted by Gasteiger charge is 2.33. The maximum absolute atomic E-state index is 12.5. The van der Waals surface area contributed by atoms with Gasteiger partial charge in [0.15, 0.2) is 17.8 Å². The second-order valence-corrected chi connectivity index (χ2v) is 3.81. The van der Waals surface area contributed by atoms with Crippen LogP contribution in [0.4, 0.5) is 13.2 Å². The Bertz CT molecular complexity index is 537. The van der Waals surface area contributed by atoms with Crippen molar-refractivity contribution in [2.24, 2.45) is 4.99 Å². The zero-order chi connectivity index (χ0) is 16.0. The van der Waals surface area contributed by atoms with Crippen LogP contribution < -0.4 is 0 Å². The summed E-state index contributed by atoms with van der Waals surface area (Å²) in [6.45, 7) is 3.86. The standard InChI is InChI=1S/C12H14F3N3O3/c1-4-20-11(19)9-10(21-7-17-9)8(2)18(6-16-3)5-12(13,14)15/h6-7H,2,4-5H2,1,3H3/b16-6-. The molecule has 0 unspecified atom stereocenters. The van der Waals surface area contributed by atoms with E-state index in [0.717, 1.165) is 12.7 Å². The minimum absolute atomic E-state index is 0.0975. The molecule has 1 rings (SSSR count). The Kier molecular flexibility index (Phi) is 5.51. The number of ether oxygens (including phenoxy) is 1. The van der Waals surface area contributed by atoms with Crippen LogP contribution in [-0.2, 0) is 4.74 Å². The first-order valence-corrected chi connectivity index (χ1v) is 5.85. The van der Waals surface area contributed by atoms with Gasteiger partial charge < -0.3 is 14.1 Å². The Morgan fingerprint density at radius 2 is 2.29 bits per heavy atom. The number of aliphatic imine (C=N–C) groups is 1. The van der Waals surface area contributed by atoms with Crippen molar-refractivity contribution in [1.82, 2.24) is 9.88 Å². The predicted molar refractivity (Wildman–Crippen MR) is 68.7 cm³/mol. The Labute approximate surface area is 118 Å². The lowest BCUT2D eigenvalue weighted by Crippen LogP contribution is -2.32. The highest BCUT2D eigenvalue weighted by Crippen LogP contribution is 2.25. The van der Waals surface area contributed by atoms with E-state index in [1.54, 1.807) is 6.92 Å². The average Bonchev–Trinajstić information content (AvgIpc) is 2.85. The minimum atomic E-state index is -4.48. The van der Waals surface area contributed by atoms with E-state index in [4.69, 9.17) is 9.15 Å². The average molecular weight is 305 g/mol. The van der Waals surface area contributed by atoms with Gasteiger partial charge in [0.2, 0.25) is 0 Å². The summed E-state index contributed by atoms with van der Waals surface area (Å²) in [5.41, 5.74) is -0.433. The number of aromatic nitrogens is 1. The van der Waals surface area contributed by atoms with Crippen molar-refractivity contribution in [3.63, 3.8) is 0 Å². The lowest BCUT2D eigenvalue weighted by molar-refractivity contribution is -0.132. The molecule has 0 N–H and O–H groups in total. The molecule has 0 amide bonds. The molecule has 1 heterocycles. The van der Waals surface area contributed by atoms with Gasteiger partial charge in [-0.15, -0.1) is 0 Å². The van der Waals surface area contributed by atoms with Gasteiger partial charge in [0.05, 0.1) is 18.6 Å². The van der Waals surface area contributed by atoms with Gasteiger partial charge in [0.1, 0.15) is 6.54 Å². The zero-order valence-electron chi connectivity index (χ0n) is 11.5. The molecule has 6 nitrogen and oxygen atoms in total. The Morgan fingerprint density at radius 1 is 1.62 bits per heavy atom. The van der Waals surface area contributed by atoms with Crippen molar-refractivity contribution in [1.29, 1.82) is 0 Å². The van der Waals surface area contributed by atoms with Gasteiger partial charge in [-0.25, -0.2) is 9.78 Å². The first kappa shape index (κ1) is 16.7. The third-order valence-electron chi connectivity index (χ3n) is 2.25. The van der Waals surface area contributed by atoms with Crippen molar-refractivity contribution in [3.8, 4) is 0 Å². The van der Waals surface area contributed by atoms with Crippen LogP contribution in [0.1, 0.15) is 23.2 Å². The molecule has 0 aliphatic heterocycles. The van der Waals surface area contributed by atoms with Crippen LogP contribution in [0.5, 0.6) is 0 Å². The van der Waals surface area contributed by atoms with Crippen molar-refractivity contribution < 1.29 is 27.1 Å². The number of halogens is 3. The molecule has 0 aliphatic rings. The molecule has 0 aliphatic carbocycles. The molecule has 0 bridgehead atoms. The molecule has 0 saturated heterocycles. The highest BCUT2D eigenvalue weighted by molar-refractivity contribution is 5.92. The van der Waals surface area contributed by atoms with Crippen molar-refractivity contribution in [3.05, 3.63) is 24.4 Å². The van der Waals surface area contributed by atoms with Crippen molar-refractivity contribution in [2.75, 3.05) is 20.2 Å². The van der Waals surface area contributed by atoms with Crippen LogP contribution in [0, 0.1) is 0 Å². The van der Waals surface area contributed by atoms with Crippen molar-refractivity contribution in [2.45, 2.75) is 13.1 Å². The number of hydrogen-bond acceptors (Lipinski definition) is 5. The summed E-state index contributed by atoms with van der Waals surface area (Å²) >= 11 is 0. The fourth-order valence-electron chi connectivity index (χ4n) is 1.46. The van der Waals surface area contributed by atoms with Crippen LogP contribution in [0.25, 0.3) is 5.70 Å². The number of alkyl halides is 3. The fourth-order valence-corrected chi connectivity index (χ4v) is 1.46. The van der Waals surface area contributed by atoms with E-state index < -0.39 is 18.7 Å². The second kappa shape index (κ2) is 6.91. The molecular formula is C12H14F3N3O3. The van der Waals surface area contributed by atoms with Gasteiger partial charge >= 0.3 is 12.1 Å². The van der Waals surface area contributed by atoms with Crippen LogP contribution in [0.15, 0.2) is 22.4 Å². The largest absolute Gasteiger partial charge is 0.461 e. The van der Waals surface area contributed by atoms with E-state index in [2.05, 4.69) is 16.6 Å². The fraction of sp³-hybridized carbons (Fsp3) is 0.417. The van der Waals surface area contributed by atoms with E-state index in [0.29, 0.717) is 4.90 Å². The summed E-state index contributed by atoms with van der Waals surface area (Å²) < 4.78 is 47.3. The van der Waals surface area contributed by atoms with Gasteiger partial charge in [-0.2, -0.15) is 13.2 Å². The molecule has 0 fully saturated rings. The lowest BCUT2D eigenvalue weighted by Gasteiger charge is -2.21. The molecule has 0 atom stereocenters. The third kappa shape index (κ3) is 4.62. The van der Waals surface area contributed by atoms with Gasteiger partial charge in [0.25, 0.3) is 0 Å². The maximum Gasteiger partial charge on any atom is 0.406 e. The topological polar surface area (TPSA) is 67.9 Å². The molecule has 21 heavy (non-hydrogen) atoms. The number of hydrogen-bond donors (Lipinski definition) is 0. The Balaban J connectivity index is 3.05. The van der Waals surface area contributed by atoms with Gasteiger partial charge in [-0.1, -0.05) is 6.58 Å². The van der Waals surface area contributed by atoms with Gasteiger partial charge in [-0.3, -0.25) is 4.99 Å². The predicted octanol–water partition coefficient (Wildman–Crippen LogP) is 2.34. The summed E-state index contributed by atoms with van der Waals surface area (Å²) in [5, 5.41) is 0. The quantitative estimate of drug-likeness (QED) is 0.458.